The molecule has 0 aromatic heterocycles. The monoisotopic (exact) mass is 141 g/mol. The summed E-state index contributed by atoms with van der Waals surface area (Å²) < 4.78 is 5.10. The normalized spacial score (nSPS) is 29.7. The van der Waals surface area contributed by atoms with E-state index in [0.717, 1.165) is 25.0 Å². The van der Waals surface area contributed by atoms with Gasteiger partial charge in [-0.3, -0.25) is 0 Å². The highest BCUT2D eigenvalue weighted by molar-refractivity contribution is 4.80. The first kappa shape index (κ1) is 6.62. The largest absolute Gasteiger partial charge is 0.381 e. The van der Waals surface area contributed by atoms with Crippen molar-refractivity contribution in [1.82, 2.24) is 4.90 Å². The minimum absolute atomic E-state index is 0.854. The molecule has 0 spiro atoms. The van der Waals surface area contributed by atoms with Gasteiger partial charge in [-0.25, -0.2) is 0 Å². The summed E-state index contributed by atoms with van der Waals surface area (Å²) in [4.78, 5) is 2.53. The first-order chi connectivity index (χ1) is 4.84. The number of hydrogen-bond acceptors (Lipinski definition) is 2. The van der Waals surface area contributed by atoms with E-state index in [1.807, 2.05) is 0 Å². The molecule has 0 N–H and O–H groups in total. The molecule has 0 aromatic carbocycles. The van der Waals surface area contributed by atoms with Crippen LogP contribution in [0, 0.1) is 11.8 Å². The average Bonchev–Trinajstić information content (AvgIpc) is 1.72. The zero-order chi connectivity index (χ0) is 6.97. The SMILES string of the molecule is CC1CN(CC2COC2)C1. The maximum Gasteiger partial charge on any atom is 0.0528 e. The van der Waals surface area contributed by atoms with Crippen LogP contribution in [0.2, 0.25) is 0 Å². The second-order valence-corrected chi connectivity index (χ2v) is 3.73. The summed E-state index contributed by atoms with van der Waals surface area (Å²) in [6, 6.07) is 0. The van der Waals surface area contributed by atoms with E-state index in [2.05, 4.69) is 11.8 Å². The Morgan fingerprint density at radius 1 is 1.40 bits per heavy atom. The van der Waals surface area contributed by atoms with Gasteiger partial charge >= 0.3 is 0 Å². The second-order valence-electron chi connectivity index (χ2n) is 3.73. The molecule has 2 saturated heterocycles. The predicted octanol–water partition coefficient (Wildman–Crippen LogP) is 0.585. The molecule has 2 fully saturated rings. The Morgan fingerprint density at radius 2 is 2.10 bits per heavy atom. The summed E-state index contributed by atoms with van der Waals surface area (Å²) in [7, 11) is 0. The molecular weight excluding hydrogens is 126 g/mol. The van der Waals surface area contributed by atoms with Crippen LogP contribution in [0.5, 0.6) is 0 Å². The summed E-state index contributed by atoms with van der Waals surface area (Å²) in [5.41, 5.74) is 0. The van der Waals surface area contributed by atoms with Gasteiger partial charge in [0.05, 0.1) is 13.2 Å². The molecule has 0 amide bonds. The van der Waals surface area contributed by atoms with E-state index in [9.17, 15) is 0 Å². The van der Waals surface area contributed by atoms with Crippen LogP contribution in [0.3, 0.4) is 0 Å². The fourth-order valence-corrected chi connectivity index (χ4v) is 1.73. The van der Waals surface area contributed by atoms with Gasteiger partial charge in [-0.2, -0.15) is 0 Å². The van der Waals surface area contributed by atoms with Crippen LogP contribution in [0.1, 0.15) is 6.92 Å². The Hall–Kier alpha value is -0.0800. The highest BCUT2D eigenvalue weighted by atomic mass is 16.5. The number of nitrogens with zero attached hydrogens (tertiary/aromatic N) is 1. The van der Waals surface area contributed by atoms with Gasteiger partial charge < -0.3 is 9.64 Å². The van der Waals surface area contributed by atoms with Crippen molar-refractivity contribution in [3.8, 4) is 0 Å². The molecule has 0 radical (unpaired) electrons. The van der Waals surface area contributed by atoms with Crippen molar-refractivity contribution in [2.24, 2.45) is 11.8 Å². The Bertz CT molecular complexity index is 116. The maximum absolute atomic E-state index is 5.10. The molecule has 10 heavy (non-hydrogen) atoms. The molecular formula is C8H15NO. The third-order valence-electron chi connectivity index (χ3n) is 2.36. The van der Waals surface area contributed by atoms with Gasteiger partial charge in [-0.05, 0) is 5.92 Å². The number of ether oxygens (including phenoxy) is 1. The molecule has 0 bridgehead atoms. The van der Waals surface area contributed by atoms with Crippen molar-refractivity contribution in [2.75, 3.05) is 32.8 Å². The topological polar surface area (TPSA) is 12.5 Å². The maximum atomic E-state index is 5.10. The van der Waals surface area contributed by atoms with Crippen LogP contribution < -0.4 is 0 Å². The van der Waals surface area contributed by atoms with Gasteiger partial charge in [-0.1, -0.05) is 6.92 Å². The number of hydrogen-bond donors (Lipinski definition) is 0. The van der Waals surface area contributed by atoms with Crippen molar-refractivity contribution < 1.29 is 4.74 Å². The van der Waals surface area contributed by atoms with Gasteiger partial charge in [0.15, 0.2) is 0 Å². The standard InChI is InChI=1S/C8H15NO/c1-7-2-9(3-7)4-8-5-10-6-8/h7-8H,2-6H2,1H3. The molecule has 58 valence electrons. The summed E-state index contributed by atoms with van der Waals surface area (Å²) in [5.74, 6) is 1.80. The number of rotatable bonds is 2. The Balaban J connectivity index is 1.62. The molecule has 0 unspecified atom stereocenters. The fourth-order valence-electron chi connectivity index (χ4n) is 1.73. The Labute approximate surface area is 62.2 Å². The van der Waals surface area contributed by atoms with Crippen LogP contribution in [-0.2, 0) is 4.74 Å². The van der Waals surface area contributed by atoms with Gasteiger partial charge in [0.1, 0.15) is 0 Å². The summed E-state index contributed by atoms with van der Waals surface area (Å²) >= 11 is 0. The zero-order valence-electron chi connectivity index (χ0n) is 6.55. The molecule has 2 nitrogen and oxygen atoms in total. The lowest BCUT2D eigenvalue weighted by atomic mass is 9.99. The van der Waals surface area contributed by atoms with Crippen LogP contribution in [0.4, 0.5) is 0 Å². The Kier molecular flexibility index (Phi) is 1.66. The van der Waals surface area contributed by atoms with Crippen molar-refractivity contribution in [2.45, 2.75) is 6.92 Å². The van der Waals surface area contributed by atoms with Crippen molar-refractivity contribution in [3.63, 3.8) is 0 Å². The molecule has 0 aromatic rings. The molecule has 0 aliphatic carbocycles. The third-order valence-corrected chi connectivity index (χ3v) is 2.36. The van der Waals surface area contributed by atoms with Crippen LogP contribution >= 0.6 is 0 Å². The third kappa shape index (κ3) is 1.18. The van der Waals surface area contributed by atoms with E-state index in [0.29, 0.717) is 0 Å². The first-order valence-electron chi connectivity index (χ1n) is 4.14. The molecule has 2 aliphatic rings. The predicted molar refractivity (Wildman–Crippen MR) is 39.9 cm³/mol. The lowest BCUT2D eigenvalue weighted by Gasteiger charge is -2.41. The smallest absolute Gasteiger partial charge is 0.0528 e. The van der Waals surface area contributed by atoms with E-state index in [-0.39, 0.29) is 0 Å². The lowest BCUT2D eigenvalue weighted by molar-refractivity contribution is -0.0600. The van der Waals surface area contributed by atoms with Crippen LogP contribution in [0.25, 0.3) is 0 Å². The molecule has 2 heteroatoms. The highest BCUT2D eigenvalue weighted by Gasteiger charge is 2.27. The summed E-state index contributed by atoms with van der Waals surface area (Å²) in [5, 5.41) is 0. The van der Waals surface area contributed by atoms with Gasteiger partial charge in [0.2, 0.25) is 0 Å². The quantitative estimate of drug-likeness (QED) is 0.558. The lowest BCUT2D eigenvalue weighted by Crippen LogP contribution is -2.50. The molecule has 0 saturated carbocycles. The summed E-state index contributed by atoms with van der Waals surface area (Å²) in [6.45, 7) is 8.24. The molecule has 2 aliphatic heterocycles. The fraction of sp³-hybridized carbons (Fsp3) is 1.00. The van der Waals surface area contributed by atoms with Crippen LogP contribution in [0.15, 0.2) is 0 Å². The van der Waals surface area contributed by atoms with Gasteiger partial charge in [-0.15, -0.1) is 0 Å². The number of likely N-dealkylation sites (tertiary alicyclic amines) is 1. The second kappa shape index (κ2) is 2.51. The average molecular weight is 141 g/mol. The van der Waals surface area contributed by atoms with Crippen molar-refractivity contribution in [1.29, 1.82) is 0 Å². The van der Waals surface area contributed by atoms with Gasteiger partial charge in [0.25, 0.3) is 0 Å². The van der Waals surface area contributed by atoms with E-state index >= 15 is 0 Å². The summed E-state index contributed by atoms with van der Waals surface area (Å²) in [6.07, 6.45) is 0. The van der Waals surface area contributed by atoms with Gasteiger partial charge in [0, 0.05) is 25.6 Å². The van der Waals surface area contributed by atoms with E-state index in [1.165, 1.54) is 19.6 Å². The Morgan fingerprint density at radius 3 is 2.50 bits per heavy atom. The first-order valence-corrected chi connectivity index (χ1v) is 4.14. The molecule has 0 atom stereocenters. The van der Waals surface area contributed by atoms with Crippen molar-refractivity contribution >= 4 is 0 Å². The minimum atomic E-state index is 0.854. The van der Waals surface area contributed by atoms with E-state index in [1.54, 1.807) is 0 Å². The molecule has 2 heterocycles. The van der Waals surface area contributed by atoms with E-state index < -0.39 is 0 Å². The molecule has 2 rings (SSSR count). The highest BCUT2D eigenvalue weighted by Crippen LogP contribution is 2.19. The van der Waals surface area contributed by atoms with E-state index in [4.69, 9.17) is 4.74 Å². The van der Waals surface area contributed by atoms with Crippen molar-refractivity contribution in [3.05, 3.63) is 0 Å². The zero-order valence-corrected chi connectivity index (χ0v) is 6.55. The minimum Gasteiger partial charge on any atom is -0.381 e. The van der Waals surface area contributed by atoms with Crippen LogP contribution in [-0.4, -0.2) is 37.7 Å².